The highest BCUT2D eigenvalue weighted by molar-refractivity contribution is 5.40. The summed E-state index contributed by atoms with van der Waals surface area (Å²) < 4.78 is 1.75. The molecule has 6 nitrogen and oxygen atoms in total. The van der Waals surface area contributed by atoms with E-state index < -0.39 is 0 Å². The molecule has 1 aliphatic heterocycles. The first-order valence-corrected chi connectivity index (χ1v) is 8.47. The molecular formula is C17H25N5O. The van der Waals surface area contributed by atoms with Gasteiger partial charge in [-0.3, -0.25) is 4.57 Å². The van der Waals surface area contributed by atoms with Crippen LogP contribution in [0, 0.1) is 0 Å². The van der Waals surface area contributed by atoms with Gasteiger partial charge in [-0.1, -0.05) is 19.9 Å². The van der Waals surface area contributed by atoms with Crippen LogP contribution in [0.2, 0.25) is 0 Å². The molecule has 0 amide bonds. The summed E-state index contributed by atoms with van der Waals surface area (Å²) in [6.45, 7) is 8.88. The molecule has 0 aromatic carbocycles. The van der Waals surface area contributed by atoms with Crippen LogP contribution < -0.4 is 10.6 Å². The van der Waals surface area contributed by atoms with Crippen LogP contribution in [-0.2, 0) is 6.54 Å². The van der Waals surface area contributed by atoms with Gasteiger partial charge in [0.15, 0.2) is 0 Å². The number of hydrogen-bond donors (Lipinski definition) is 1. The van der Waals surface area contributed by atoms with Gasteiger partial charge in [-0.15, -0.1) is 0 Å². The number of rotatable bonds is 4. The van der Waals surface area contributed by atoms with E-state index in [9.17, 15) is 4.79 Å². The second-order valence-electron chi connectivity index (χ2n) is 6.47. The summed E-state index contributed by atoms with van der Waals surface area (Å²) in [6.07, 6.45) is 2.00. The summed E-state index contributed by atoms with van der Waals surface area (Å²) in [5.74, 6) is 2.75. The van der Waals surface area contributed by atoms with Gasteiger partial charge < -0.3 is 4.90 Å². The van der Waals surface area contributed by atoms with Crippen molar-refractivity contribution in [2.75, 3.05) is 18.0 Å². The van der Waals surface area contributed by atoms with Gasteiger partial charge in [-0.25, -0.2) is 14.9 Å². The highest BCUT2D eigenvalue weighted by atomic mass is 16.1. The van der Waals surface area contributed by atoms with Crippen LogP contribution in [0.3, 0.4) is 0 Å². The van der Waals surface area contributed by atoms with E-state index in [-0.39, 0.29) is 5.69 Å². The third-order valence-electron chi connectivity index (χ3n) is 4.64. The average molecular weight is 315 g/mol. The molecule has 3 rings (SSSR count). The van der Waals surface area contributed by atoms with Gasteiger partial charge in [-0.2, -0.15) is 5.10 Å². The maximum Gasteiger partial charge on any atom is 0.343 e. The fourth-order valence-electron chi connectivity index (χ4n) is 3.25. The van der Waals surface area contributed by atoms with Crippen molar-refractivity contribution < 1.29 is 0 Å². The molecule has 1 aliphatic rings. The van der Waals surface area contributed by atoms with Crippen molar-refractivity contribution in [3.8, 4) is 0 Å². The zero-order valence-corrected chi connectivity index (χ0v) is 14.1. The van der Waals surface area contributed by atoms with Crippen LogP contribution in [-0.4, -0.2) is 32.8 Å². The first-order valence-electron chi connectivity index (χ1n) is 8.47. The predicted octanol–water partition coefficient (Wildman–Crippen LogP) is 2.49. The molecule has 0 radical (unpaired) electrons. The fourth-order valence-corrected chi connectivity index (χ4v) is 3.25. The number of pyridine rings is 1. The Kier molecular flexibility index (Phi) is 4.50. The highest BCUT2D eigenvalue weighted by Crippen LogP contribution is 2.28. The summed E-state index contributed by atoms with van der Waals surface area (Å²) in [4.78, 5) is 18.8. The van der Waals surface area contributed by atoms with Crippen molar-refractivity contribution in [2.24, 2.45) is 0 Å². The monoisotopic (exact) mass is 315 g/mol. The van der Waals surface area contributed by atoms with E-state index >= 15 is 0 Å². The molecule has 1 saturated heterocycles. The molecule has 3 heterocycles. The number of hydrogen-bond acceptors (Lipinski definition) is 4. The fraction of sp³-hybridized carbons (Fsp3) is 0.588. The maximum absolute atomic E-state index is 11.7. The second-order valence-corrected chi connectivity index (χ2v) is 6.47. The average Bonchev–Trinajstić information content (AvgIpc) is 2.96. The Bertz CT molecular complexity index is 710. The topological polar surface area (TPSA) is 66.8 Å². The number of H-pyrrole nitrogens is 1. The molecule has 0 saturated carbocycles. The summed E-state index contributed by atoms with van der Waals surface area (Å²) in [7, 11) is 0. The van der Waals surface area contributed by atoms with E-state index in [0.29, 0.717) is 18.4 Å². The Morgan fingerprint density at radius 3 is 2.70 bits per heavy atom. The lowest BCUT2D eigenvalue weighted by Gasteiger charge is -2.32. The Morgan fingerprint density at radius 1 is 1.30 bits per heavy atom. The van der Waals surface area contributed by atoms with Crippen LogP contribution in [0.5, 0.6) is 0 Å². The highest BCUT2D eigenvalue weighted by Gasteiger charge is 2.25. The number of piperidine rings is 1. The molecule has 124 valence electrons. The Labute approximate surface area is 136 Å². The Hall–Kier alpha value is -2.11. The van der Waals surface area contributed by atoms with Crippen molar-refractivity contribution in [3.63, 3.8) is 0 Å². The summed E-state index contributed by atoms with van der Waals surface area (Å²) >= 11 is 0. The number of nitrogens with zero attached hydrogens (tertiary/aromatic N) is 4. The van der Waals surface area contributed by atoms with Crippen molar-refractivity contribution >= 4 is 5.82 Å². The van der Waals surface area contributed by atoms with Gasteiger partial charge in [0.1, 0.15) is 11.6 Å². The SMILES string of the molecule is CCn1c(C2CCN(c3cccc(C(C)C)n3)CC2)n[nH]c1=O. The molecule has 23 heavy (non-hydrogen) atoms. The lowest BCUT2D eigenvalue weighted by Crippen LogP contribution is -2.34. The molecule has 0 unspecified atom stereocenters. The lowest BCUT2D eigenvalue weighted by atomic mass is 9.96. The molecule has 2 aromatic heterocycles. The largest absolute Gasteiger partial charge is 0.357 e. The molecule has 0 spiro atoms. The lowest BCUT2D eigenvalue weighted by molar-refractivity contribution is 0.463. The molecule has 1 fully saturated rings. The zero-order valence-electron chi connectivity index (χ0n) is 14.1. The molecule has 0 bridgehead atoms. The van der Waals surface area contributed by atoms with Gasteiger partial charge >= 0.3 is 5.69 Å². The quantitative estimate of drug-likeness (QED) is 0.941. The summed E-state index contributed by atoms with van der Waals surface area (Å²) in [6, 6.07) is 6.26. The number of nitrogens with one attached hydrogen (secondary N) is 1. The van der Waals surface area contributed by atoms with Gasteiger partial charge in [0.25, 0.3) is 0 Å². The first kappa shape index (κ1) is 15.8. The van der Waals surface area contributed by atoms with E-state index in [1.807, 2.05) is 6.92 Å². The van der Waals surface area contributed by atoms with Gasteiger partial charge in [-0.05, 0) is 37.8 Å². The normalized spacial score (nSPS) is 16.3. The first-order chi connectivity index (χ1) is 11.1. The van der Waals surface area contributed by atoms with Crippen LogP contribution >= 0.6 is 0 Å². The van der Waals surface area contributed by atoms with E-state index in [0.717, 1.165) is 43.3 Å². The molecule has 0 atom stereocenters. The molecule has 1 N–H and O–H groups in total. The minimum absolute atomic E-state index is 0.101. The number of aromatic nitrogens is 4. The predicted molar refractivity (Wildman–Crippen MR) is 91.0 cm³/mol. The van der Waals surface area contributed by atoms with Crippen LogP contribution in [0.1, 0.15) is 57.0 Å². The van der Waals surface area contributed by atoms with E-state index in [2.05, 4.69) is 47.1 Å². The molecule has 6 heteroatoms. The standard InChI is InChI=1S/C17H25N5O/c1-4-22-16(19-20-17(22)23)13-8-10-21(11-9-13)15-7-5-6-14(18-15)12(2)3/h5-7,12-13H,4,8-11H2,1-3H3,(H,20,23). The minimum atomic E-state index is -0.101. The third-order valence-corrected chi connectivity index (χ3v) is 4.64. The summed E-state index contributed by atoms with van der Waals surface area (Å²) in [5, 5.41) is 6.82. The van der Waals surface area contributed by atoms with E-state index in [1.165, 1.54) is 0 Å². The molecular weight excluding hydrogens is 290 g/mol. The van der Waals surface area contributed by atoms with Crippen molar-refractivity contribution in [2.45, 2.75) is 52.0 Å². The minimum Gasteiger partial charge on any atom is -0.357 e. The third kappa shape index (κ3) is 3.16. The van der Waals surface area contributed by atoms with E-state index in [1.54, 1.807) is 4.57 Å². The van der Waals surface area contributed by atoms with Crippen LogP contribution in [0.25, 0.3) is 0 Å². The smallest absolute Gasteiger partial charge is 0.343 e. The molecule has 2 aromatic rings. The van der Waals surface area contributed by atoms with Gasteiger partial charge in [0.05, 0.1) is 0 Å². The van der Waals surface area contributed by atoms with Crippen molar-refractivity contribution in [3.05, 3.63) is 40.2 Å². The number of anilines is 1. The van der Waals surface area contributed by atoms with Crippen molar-refractivity contribution in [1.29, 1.82) is 0 Å². The van der Waals surface area contributed by atoms with Crippen LogP contribution in [0.15, 0.2) is 23.0 Å². The van der Waals surface area contributed by atoms with Crippen LogP contribution in [0.4, 0.5) is 5.82 Å². The Balaban J connectivity index is 1.71. The van der Waals surface area contributed by atoms with Crippen molar-refractivity contribution in [1.82, 2.24) is 19.7 Å². The number of aromatic amines is 1. The zero-order chi connectivity index (χ0) is 16.4. The van der Waals surface area contributed by atoms with Gasteiger partial charge in [0, 0.05) is 31.2 Å². The summed E-state index contributed by atoms with van der Waals surface area (Å²) in [5.41, 5.74) is 1.04. The second kappa shape index (κ2) is 6.56. The van der Waals surface area contributed by atoms with E-state index in [4.69, 9.17) is 4.98 Å². The van der Waals surface area contributed by atoms with Gasteiger partial charge in [0.2, 0.25) is 0 Å². The Morgan fingerprint density at radius 2 is 2.04 bits per heavy atom. The maximum atomic E-state index is 11.7. The molecule has 0 aliphatic carbocycles.